The van der Waals surface area contributed by atoms with Gasteiger partial charge in [0, 0.05) is 17.9 Å². The van der Waals surface area contributed by atoms with E-state index in [0.717, 1.165) is 29.5 Å². The van der Waals surface area contributed by atoms with Crippen molar-refractivity contribution in [2.75, 3.05) is 0 Å². The zero-order valence-corrected chi connectivity index (χ0v) is 21.2. The van der Waals surface area contributed by atoms with Gasteiger partial charge in [0.2, 0.25) is 0 Å². The van der Waals surface area contributed by atoms with E-state index in [0.29, 0.717) is 11.4 Å². The van der Waals surface area contributed by atoms with Gasteiger partial charge in [-0.3, -0.25) is 9.08 Å². The van der Waals surface area contributed by atoms with Crippen LogP contribution in [0.4, 0.5) is 0 Å². The van der Waals surface area contributed by atoms with Gasteiger partial charge in [-0.15, -0.1) is 0 Å². The number of fused-ring (bicyclic) bond motifs is 1. The van der Waals surface area contributed by atoms with Crippen LogP contribution < -0.4 is 0 Å². The molecule has 8 heteroatoms. The molecule has 0 amide bonds. The van der Waals surface area contributed by atoms with Crippen LogP contribution in [0.25, 0.3) is 0 Å². The van der Waals surface area contributed by atoms with Gasteiger partial charge in [-0.2, -0.15) is 0 Å². The maximum Gasteiger partial charge on any atom is 0.261 e. The first-order valence-electron chi connectivity index (χ1n) is 11.3. The first-order chi connectivity index (χ1) is 15.2. The predicted molar refractivity (Wildman–Crippen MR) is 123 cm³/mol. The number of ketones is 1. The molecule has 6 atom stereocenters. The number of hydrogen-bond donors (Lipinski definition) is 0. The first-order valence-corrected chi connectivity index (χ1v) is 12.0. The lowest BCUT2D eigenvalue weighted by atomic mass is 9.97. The van der Waals surface area contributed by atoms with E-state index in [1.165, 1.54) is 6.92 Å². The standard InChI is InChI=1S/C24H34Cl2O6/c1-7-8-9-18(32-26)20-21(28-12-17-11-10-14(4)15(5)19(17)25)22-24(30-20,16(6)27)31-23(29-22)13(2)3/h10-11,13,18,20-23H,7-9,12H2,1-6H3/t18-,20+,21-,22+,23?,24+/m0/s1. The van der Waals surface area contributed by atoms with E-state index in [4.69, 9.17) is 46.7 Å². The average molecular weight is 489 g/mol. The highest BCUT2D eigenvalue weighted by Gasteiger charge is 2.67. The summed E-state index contributed by atoms with van der Waals surface area (Å²) in [4.78, 5) is 12.8. The molecule has 32 heavy (non-hydrogen) atoms. The Balaban J connectivity index is 1.91. The van der Waals surface area contributed by atoms with Gasteiger partial charge in [0.1, 0.15) is 18.3 Å². The molecule has 0 aliphatic carbocycles. The molecule has 0 radical (unpaired) electrons. The van der Waals surface area contributed by atoms with Gasteiger partial charge >= 0.3 is 0 Å². The molecular formula is C24H34Cl2O6. The summed E-state index contributed by atoms with van der Waals surface area (Å²) < 4.78 is 30.1. The second-order valence-electron chi connectivity index (χ2n) is 9.12. The maximum atomic E-state index is 12.8. The van der Waals surface area contributed by atoms with Crippen molar-refractivity contribution >= 4 is 29.3 Å². The molecule has 2 aliphatic heterocycles. The molecule has 1 aromatic rings. The summed E-state index contributed by atoms with van der Waals surface area (Å²) in [6.45, 7) is 11.7. The summed E-state index contributed by atoms with van der Waals surface area (Å²) in [5.74, 6) is -1.78. The summed E-state index contributed by atoms with van der Waals surface area (Å²) in [5.41, 5.74) is 2.97. The number of hydrogen-bond acceptors (Lipinski definition) is 6. The fourth-order valence-electron chi connectivity index (χ4n) is 4.26. The highest BCUT2D eigenvalue weighted by molar-refractivity contribution is 6.32. The van der Waals surface area contributed by atoms with Gasteiger partial charge in [0.25, 0.3) is 5.79 Å². The number of halogens is 2. The van der Waals surface area contributed by atoms with Crippen LogP contribution in [0.1, 0.15) is 63.6 Å². The molecule has 1 aromatic carbocycles. The Labute approximate surface area is 200 Å². The number of unbranched alkanes of at least 4 members (excludes halogenated alkanes) is 1. The number of Topliss-reactive ketones (excluding diaryl/α,β-unsaturated/α-hetero) is 1. The maximum absolute atomic E-state index is 12.8. The summed E-state index contributed by atoms with van der Waals surface area (Å²) >= 11 is 12.4. The number of carbonyl (C=O) groups excluding carboxylic acids is 1. The van der Waals surface area contributed by atoms with Crippen LogP contribution in [-0.4, -0.2) is 42.3 Å². The highest BCUT2D eigenvalue weighted by atomic mass is 35.5. The Morgan fingerprint density at radius 2 is 1.97 bits per heavy atom. The SMILES string of the molecule is CCCC[C@H](OCl)[C@H]1O[C@]2(C(C)=O)OC(C(C)C)O[C@@H]2[C@H]1OCc1ccc(C)c(C)c1Cl. The summed E-state index contributed by atoms with van der Waals surface area (Å²) in [5, 5.41) is 0.665. The van der Waals surface area contributed by atoms with Crippen molar-refractivity contribution in [2.24, 2.45) is 5.92 Å². The van der Waals surface area contributed by atoms with Gasteiger partial charge in [0.15, 0.2) is 18.2 Å². The Hall–Kier alpha value is -0.730. The van der Waals surface area contributed by atoms with E-state index in [9.17, 15) is 4.79 Å². The van der Waals surface area contributed by atoms with Crippen molar-refractivity contribution in [1.29, 1.82) is 0 Å². The van der Waals surface area contributed by atoms with Crippen LogP contribution in [0.15, 0.2) is 12.1 Å². The average Bonchev–Trinajstić information content (AvgIpc) is 3.28. The largest absolute Gasteiger partial charge is 0.368 e. The molecule has 0 N–H and O–H groups in total. The van der Waals surface area contributed by atoms with E-state index in [2.05, 4.69) is 6.92 Å². The molecule has 0 saturated carbocycles. The van der Waals surface area contributed by atoms with Crippen molar-refractivity contribution in [3.05, 3.63) is 33.8 Å². The molecule has 0 spiro atoms. The lowest BCUT2D eigenvalue weighted by molar-refractivity contribution is -0.242. The lowest BCUT2D eigenvalue weighted by Crippen LogP contribution is -2.47. The van der Waals surface area contributed by atoms with Gasteiger partial charge < -0.3 is 18.9 Å². The second-order valence-corrected chi connectivity index (χ2v) is 9.68. The summed E-state index contributed by atoms with van der Waals surface area (Å²) in [7, 11) is 0. The van der Waals surface area contributed by atoms with Crippen LogP contribution in [0.3, 0.4) is 0 Å². The molecule has 0 bridgehead atoms. The number of aryl methyl sites for hydroxylation is 1. The normalized spacial score (nSPS) is 30.7. The third-order valence-electron chi connectivity index (χ3n) is 6.41. The third-order valence-corrected chi connectivity index (χ3v) is 7.16. The second kappa shape index (κ2) is 10.7. The Kier molecular flexibility index (Phi) is 8.64. The zero-order chi connectivity index (χ0) is 23.6. The molecule has 6 nitrogen and oxygen atoms in total. The lowest BCUT2D eigenvalue weighted by Gasteiger charge is -2.29. The topological polar surface area (TPSA) is 63.2 Å². The molecule has 2 saturated heterocycles. The van der Waals surface area contributed by atoms with Crippen LogP contribution in [0.5, 0.6) is 0 Å². The zero-order valence-electron chi connectivity index (χ0n) is 19.7. The number of ether oxygens (including phenoxy) is 4. The Bertz CT molecular complexity index is 816. The highest BCUT2D eigenvalue weighted by Crippen LogP contribution is 2.47. The van der Waals surface area contributed by atoms with E-state index >= 15 is 0 Å². The molecule has 180 valence electrons. The third kappa shape index (κ3) is 4.88. The first kappa shape index (κ1) is 25.9. The smallest absolute Gasteiger partial charge is 0.261 e. The molecule has 0 aromatic heterocycles. The van der Waals surface area contributed by atoms with E-state index in [1.54, 1.807) is 0 Å². The van der Waals surface area contributed by atoms with Gasteiger partial charge in [-0.05, 0) is 37.0 Å². The van der Waals surface area contributed by atoms with Crippen molar-refractivity contribution in [3.63, 3.8) is 0 Å². The summed E-state index contributed by atoms with van der Waals surface area (Å²) in [6, 6.07) is 3.96. The van der Waals surface area contributed by atoms with Crippen LogP contribution in [0, 0.1) is 19.8 Å². The van der Waals surface area contributed by atoms with Crippen molar-refractivity contribution in [2.45, 2.75) is 104 Å². The summed E-state index contributed by atoms with van der Waals surface area (Å²) in [6.07, 6.45) is -0.539. The quantitative estimate of drug-likeness (QED) is 0.423. The molecule has 1 unspecified atom stereocenters. The van der Waals surface area contributed by atoms with Crippen molar-refractivity contribution in [1.82, 2.24) is 0 Å². The molecule has 2 aliphatic rings. The number of carbonyl (C=O) groups is 1. The fraction of sp³-hybridized carbons (Fsp3) is 0.708. The molecular weight excluding hydrogens is 455 g/mol. The van der Waals surface area contributed by atoms with Crippen LogP contribution in [0.2, 0.25) is 5.02 Å². The fourth-order valence-corrected chi connectivity index (χ4v) is 4.72. The Morgan fingerprint density at radius 1 is 1.25 bits per heavy atom. The minimum Gasteiger partial charge on any atom is -0.368 e. The number of benzene rings is 1. The monoisotopic (exact) mass is 488 g/mol. The van der Waals surface area contributed by atoms with Crippen LogP contribution in [-0.2, 0) is 34.6 Å². The van der Waals surface area contributed by atoms with E-state index in [1.807, 2.05) is 39.8 Å². The molecule has 2 fully saturated rings. The minimum atomic E-state index is -1.54. The number of rotatable bonds is 10. The molecule has 3 rings (SSSR count). The molecule has 2 heterocycles. The van der Waals surface area contributed by atoms with Gasteiger partial charge in [-0.1, -0.05) is 57.3 Å². The van der Waals surface area contributed by atoms with E-state index < -0.39 is 36.5 Å². The minimum absolute atomic E-state index is 0.0360. The van der Waals surface area contributed by atoms with Gasteiger partial charge in [0.05, 0.1) is 18.5 Å². The van der Waals surface area contributed by atoms with Crippen molar-refractivity contribution in [3.8, 4) is 0 Å². The van der Waals surface area contributed by atoms with Crippen LogP contribution >= 0.6 is 23.5 Å². The Morgan fingerprint density at radius 3 is 2.56 bits per heavy atom. The predicted octanol–water partition coefficient (Wildman–Crippen LogP) is 5.65. The van der Waals surface area contributed by atoms with Gasteiger partial charge in [-0.25, -0.2) is 0 Å². The van der Waals surface area contributed by atoms with Crippen molar-refractivity contribution < 1.29 is 28.0 Å². The van der Waals surface area contributed by atoms with E-state index in [-0.39, 0.29) is 18.3 Å².